The second kappa shape index (κ2) is 6.00. The number of aromatic nitrogens is 2. The molecule has 1 saturated carbocycles. The SMILES string of the molecule is Cc1ccc2nc(CCCl)n(C3CCC(C)CC3C)c2c1. The van der Waals surface area contributed by atoms with Crippen LogP contribution in [0.25, 0.3) is 11.0 Å². The molecule has 2 nitrogen and oxygen atoms in total. The van der Waals surface area contributed by atoms with Crippen molar-refractivity contribution in [3.8, 4) is 0 Å². The van der Waals surface area contributed by atoms with Crippen LogP contribution < -0.4 is 0 Å². The molecule has 1 aromatic heterocycles. The van der Waals surface area contributed by atoms with Gasteiger partial charge in [-0.25, -0.2) is 4.98 Å². The second-order valence-electron chi connectivity index (χ2n) is 6.79. The lowest BCUT2D eigenvalue weighted by Gasteiger charge is -2.35. The zero-order chi connectivity index (χ0) is 15.0. The number of halogens is 1. The van der Waals surface area contributed by atoms with Gasteiger partial charge in [0.1, 0.15) is 5.82 Å². The lowest BCUT2D eigenvalue weighted by molar-refractivity contribution is 0.208. The summed E-state index contributed by atoms with van der Waals surface area (Å²) in [5, 5.41) is 0. The Morgan fingerprint density at radius 3 is 2.81 bits per heavy atom. The standard InChI is InChI=1S/C18H25ClN2/c1-12-5-7-16(14(3)10-12)21-17-11-13(2)4-6-15(17)20-18(21)8-9-19/h4,6,11-12,14,16H,5,7-10H2,1-3H3. The molecule has 3 atom stereocenters. The van der Waals surface area contributed by atoms with E-state index in [0.29, 0.717) is 17.8 Å². The number of imidazole rings is 1. The van der Waals surface area contributed by atoms with Crippen LogP contribution in [-0.2, 0) is 6.42 Å². The van der Waals surface area contributed by atoms with E-state index in [4.69, 9.17) is 16.6 Å². The van der Waals surface area contributed by atoms with Gasteiger partial charge in [0.25, 0.3) is 0 Å². The smallest absolute Gasteiger partial charge is 0.111 e. The average molecular weight is 305 g/mol. The summed E-state index contributed by atoms with van der Waals surface area (Å²) in [5.41, 5.74) is 3.71. The number of nitrogens with zero attached hydrogens (tertiary/aromatic N) is 2. The predicted molar refractivity (Wildman–Crippen MR) is 90.1 cm³/mol. The minimum atomic E-state index is 0.575. The molecule has 1 aliphatic carbocycles. The Balaban J connectivity index is 2.10. The van der Waals surface area contributed by atoms with Gasteiger partial charge in [0.05, 0.1) is 11.0 Å². The van der Waals surface area contributed by atoms with Gasteiger partial charge in [0, 0.05) is 18.3 Å². The van der Waals surface area contributed by atoms with Crippen LogP contribution in [0.3, 0.4) is 0 Å². The predicted octanol–water partition coefficient (Wildman–Crippen LogP) is 5.12. The highest BCUT2D eigenvalue weighted by molar-refractivity contribution is 6.17. The minimum absolute atomic E-state index is 0.575. The molecule has 3 rings (SSSR count). The Morgan fingerprint density at radius 2 is 2.10 bits per heavy atom. The van der Waals surface area contributed by atoms with Crippen LogP contribution in [0.5, 0.6) is 0 Å². The first-order valence-corrected chi connectivity index (χ1v) is 8.67. The molecule has 0 spiro atoms. The van der Waals surface area contributed by atoms with Crippen LogP contribution in [0, 0.1) is 18.8 Å². The highest BCUT2D eigenvalue weighted by atomic mass is 35.5. The molecule has 0 bridgehead atoms. The summed E-state index contributed by atoms with van der Waals surface area (Å²) in [6, 6.07) is 7.15. The molecular formula is C18H25ClN2. The van der Waals surface area contributed by atoms with Crippen molar-refractivity contribution in [1.29, 1.82) is 0 Å². The van der Waals surface area contributed by atoms with E-state index in [0.717, 1.165) is 23.7 Å². The van der Waals surface area contributed by atoms with Gasteiger partial charge in [-0.15, -0.1) is 11.6 Å². The number of hydrogen-bond donors (Lipinski definition) is 0. The molecule has 0 saturated heterocycles. The van der Waals surface area contributed by atoms with Crippen LogP contribution in [0.15, 0.2) is 18.2 Å². The van der Waals surface area contributed by atoms with Crippen molar-refractivity contribution in [3.63, 3.8) is 0 Å². The first kappa shape index (κ1) is 14.9. The van der Waals surface area contributed by atoms with Crippen molar-refractivity contribution in [2.24, 2.45) is 11.8 Å². The molecule has 114 valence electrons. The van der Waals surface area contributed by atoms with Gasteiger partial charge in [-0.3, -0.25) is 0 Å². The maximum absolute atomic E-state index is 6.01. The molecule has 1 heterocycles. The number of rotatable bonds is 3. The van der Waals surface area contributed by atoms with E-state index < -0.39 is 0 Å². The Hall–Kier alpha value is -1.02. The first-order chi connectivity index (χ1) is 10.1. The number of benzene rings is 1. The molecule has 3 unspecified atom stereocenters. The van der Waals surface area contributed by atoms with Crippen LogP contribution in [-0.4, -0.2) is 15.4 Å². The zero-order valence-corrected chi connectivity index (χ0v) is 14.0. The van der Waals surface area contributed by atoms with E-state index in [-0.39, 0.29) is 0 Å². The summed E-state index contributed by atoms with van der Waals surface area (Å²) in [6.07, 6.45) is 4.75. The van der Waals surface area contributed by atoms with Gasteiger partial charge >= 0.3 is 0 Å². The van der Waals surface area contributed by atoms with Gasteiger partial charge in [-0.2, -0.15) is 0 Å². The lowest BCUT2D eigenvalue weighted by Crippen LogP contribution is -2.26. The van der Waals surface area contributed by atoms with Crippen LogP contribution >= 0.6 is 11.6 Å². The Kier molecular flexibility index (Phi) is 4.26. The van der Waals surface area contributed by atoms with Crippen molar-refractivity contribution in [2.45, 2.75) is 52.5 Å². The third kappa shape index (κ3) is 2.83. The van der Waals surface area contributed by atoms with E-state index in [1.54, 1.807) is 0 Å². The van der Waals surface area contributed by atoms with E-state index in [1.807, 2.05) is 0 Å². The summed E-state index contributed by atoms with van der Waals surface area (Å²) in [7, 11) is 0. The summed E-state index contributed by atoms with van der Waals surface area (Å²) in [4.78, 5) is 4.85. The van der Waals surface area contributed by atoms with Gasteiger partial charge in [0.15, 0.2) is 0 Å². The minimum Gasteiger partial charge on any atom is -0.325 e. The highest BCUT2D eigenvalue weighted by Gasteiger charge is 2.29. The second-order valence-corrected chi connectivity index (χ2v) is 7.17. The molecule has 0 N–H and O–H groups in total. The van der Waals surface area contributed by atoms with Crippen molar-refractivity contribution in [3.05, 3.63) is 29.6 Å². The largest absolute Gasteiger partial charge is 0.325 e. The summed E-state index contributed by atoms with van der Waals surface area (Å²) in [5.74, 6) is 3.36. The van der Waals surface area contributed by atoms with Gasteiger partial charge in [-0.1, -0.05) is 19.9 Å². The van der Waals surface area contributed by atoms with Gasteiger partial charge < -0.3 is 4.57 Å². The monoisotopic (exact) mass is 304 g/mol. The molecular weight excluding hydrogens is 280 g/mol. The fourth-order valence-corrected chi connectivity index (χ4v) is 4.09. The van der Waals surface area contributed by atoms with Crippen molar-refractivity contribution < 1.29 is 0 Å². The van der Waals surface area contributed by atoms with Crippen molar-refractivity contribution >= 4 is 22.6 Å². The molecule has 1 aliphatic rings. The van der Waals surface area contributed by atoms with Crippen LogP contribution in [0.4, 0.5) is 0 Å². The van der Waals surface area contributed by atoms with Crippen LogP contribution in [0.1, 0.15) is 50.5 Å². The quantitative estimate of drug-likeness (QED) is 0.719. The Bertz CT molecular complexity index is 631. The first-order valence-electron chi connectivity index (χ1n) is 8.13. The highest BCUT2D eigenvalue weighted by Crippen LogP contribution is 2.39. The van der Waals surface area contributed by atoms with Crippen LogP contribution in [0.2, 0.25) is 0 Å². The maximum atomic E-state index is 6.01. The molecule has 0 radical (unpaired) electrons. The zero-order valence-electron chi connectivity index (χ0n) is 13.3. The normalized spacial score (nSPS) is 26.4. The lowest BCUT2D eigenvalue weighted by atomic mass is 9.79. The van der Waals surface area contributed by atoms with Crippen molar-refractivity contribution in [2.75, 3.05) is 5.88 Å². The topological polar surface area (TPSA) is 17.8 Å². The van der Waals surface area contributed by atoms with E-state index >= 15 is 0 Å². The Morgan fingerprint density at radius 1 is 1.29 bits per heavy atom. The molecule has 0 aliphatic heterocycles. The number of fused-ring (bicyclic) bond motifs is 1. The fourth-order valence-electron chi connectivity index (χ4n) is 3.92. The molecule has 1 fully saturated rings. The number of alkyl halides is 1. The maximum Gasteiger partial charge on any atom is 0.111 e. The van der Waals surface area contributed by atoms with Gasteiger partial charge in [-0.05, 0) is 55.7 Å². The third-order valence-corrected chi connectivity index (χ3v) is 5.14. The van der Waals surface area contributed by atoms with Crippen molar-refractivity contribution in [1.82, 2.24) is 9.55 Å². The van der Waals surface area contributed by atoms with E-state index in [2.05, 4.69) is 43.5 Å². The summed E-state index contributed by atoms with van der Waals surface area (Å²) >= 11 is 6.01. The summed E-state index contributed by atoms with van der Waals surface area (Å²) < 4.78 is 2.50. The third-order valence-electron chi connectivity index (χ3n) is 4.95. The summed E-state index contributed by atoms with van der Waals surface area (Å²) in [6.45, 7) is 6.93. The number of hydrogen-bond acceptors (Lipinski definition) is 1. The number of aryl methyl sites for hydroxylation is 2. The molecule has 21 heavy (non-hydrogen) atoms. The van der Waals surface area contributed by atoms with E-state index in [9.17, 15) is 0 Å². The van der Waals surface area contributed by atoms with E-state index in [1.165, 1.54) is 30.3 Å². The fraction of sp³-hybridized carbons (Fsp3) is 0.611. The Labute approximate surface area is 132 Å². The van der Waals surface area contributed by atoms with Gasteiger partial charge in [0.2, 0.25) is 0 Å². The average Bonchev–Trinajstić information content (AvgIpc) is 2.77. The molecule has 1 aromatic carbocycles. The molecule has 0 amide bonds. The molecule has 3 heteroatoms. The molecule has 2 aromatic rings.